The quantitative estimate of drug-likeness (QED) is 0.154. The van der Waals surface area contributed by atoms with Crippen molar-refractivity contribution in [3.05, 3.63) is 0 Å². The molecule has 1 fully saturated rings. The Hall–Kier alpha value is 1.48. The maximum atomic E-state index is 7.84. The van der Waals surface area contributed by atoms with E-state index in [4.69, 9.17) is 9.22 Å². The Morgan fingerprint density at radius 1 is 0.688 bits per heavy atom. The zero-order chi connectivity index (χ0) is 24.4. The van der Waals surface area contributed by atoms with Crippen molar-refractivity contribution >= 4 is 30.1 Å². The average molecular weight is 668 g/mol. The Labute approximate surface area is 208 Å². The second kappa shape index (κ2) is 14.9. The molecule has 32 heavy (non-hydrogen) atoms. The molecule has 1 rings (SSSR count). The molecule has 1 saturated heterocycles. The van der Waals surface area contributed by atoms with Gasteiger partial charge in [-0.15, -0.1) is 0 Å². The molecule has 1 aliphatic rings. The van der Waals surface area contributed by atoms with Gasteiger partial charge in [0.25, 0.3) is 0 Å². The molecule has 5 heteroatoms. The molecule has 0 unspecified atom stereocenters. The van der Waals surface area contributed by atoms with Crippen LogP contribution in [0.25, 0.3) is 0 Å². The van der Waals surface area contributed by atoms with Gasteiger partial charge < -0.3 is 0 Å². The fraction of sp³-hybridized carbons (Fsp3) is 1.00. The molecule has 0 aromatic carbocycles. The molecular formula is C27H58O3Sn2. The van der Waals surface area contributed by atoms with Crippen molar-refractivity contribution in [2.45, 2.75) is 133 Å². The van der Waals surface area contributed by atoms with Crippen LogP contribution < -0.4 is 0 Å². The predicted molar refractivity (Wildman–Crippen MR) is 145 cm³/mol. The third-order valence-electron chi connectivity index (χ3n) is 7.38. The van der Waals surface area contributed by atoms with E-state index in [2.05, 4.69) is 69.2 Å². The summed E-state index contributed by atoms with van der Waals surface area (Å²) in [6.45, 7) is 25.0. The van der Waals surface area contributed by atoms with Gasteiger partial charge in [-0.05, 0) is 0 Å². The summed E-state index contributed by atoms with van der Waals surface area (Å²) in [5.74, 6) is 2.92. The minimum absolute atomic E-state index is 0.0905. The monoisotopic (exact) mass is 670 g/mol. The summed E-state index contributed by atoms with van der Waals surface area (Å²) >= 11 is -6.44. The third-order valence-corrected chi connectivity index (χ3v) is 75.3. The maximum absolute atomic E-state index is 7.84. The van der Waals surface area contributed by atoms with Gasteiger partial charge in [-0.3, -0.25) is 0 Å². The van der Waals surface area contributed by atoms with Crippen molar-refractivity contribution in [1.82, 2.24) is 0 Å². The Morgan fingerprint density at radius 2 is 1.09 bits per heavy atom. The van der Waals surface area contributed by atoms with Crippen molar-refractivity contribution in [1.29, 1.82) is 0 Å². The molecule has 192 valence electrons. The normalized spacial score (nSPS) is 20.1. The van der Waals surface area contributed by atoms with Crippen molar-refractivity contribution in [3.8, 4) is 0 Å². The van der Waals surface area contributed by atoms with Crippen molar-refractivity contribution < 1.29 is 9.22 Å². The molecule has 0 saturated carbocycles. The van der Waals surface area contributed by atoms with Gasteiger partial charge in [0.05, 0.1) is 0 Å². The molecule has 1 aliphatic heterocycles. The fourth-order valence-electron chi connectivity index (χ4n) is 5.31. The van der Waals surface area contributed by atoms with Crippen molar-refractivity contribution in [2.24, 2.45) is 23.7 Å². The van der Waals surface area contributed by atoms with Gasteiger partial charge in [0, 0.05) is 0 Å². The zero-order valence-corrected chi connectivity index (χ0v) is 29.2. The van der Waals surface area contributed by atoms with E-state index in [0.29, 0.717) is 0 Å². The van der Waals surface area contributed by atoms with Crippen molar-refractivity contribution in [2.75, 3.05) is 13.2 Å². The zero-order valence-electron chi connectivity index (χ0n) is 23.5. The summed E-state index contributed by atoms with van der Waals surface area (Å²) in [6, 6.07) is 0. The van der Waals surface area contributed by atoms with E-state index in [1.54, 1.807) is 0 Å². The van der Waals surface area contributed by atoms with Gasteiger partial charge in [0.15, 0.2) is 0 Å². The molecule has 0 aliphatic carbocycles. The average Bonchev–Trinajstić information content (AvgIpc) is 2.70. The van der Waals surface area contributed by atoms with Crippen LogP contribution in [0, 0.1) is 23.7 Å². The number of hydrogen-bond acceptors (Lipinski definition) is 3. The predicted octanol–water partition coefficient (Wildman–Crippen LogP) is 8.65. The van der Waals surface area contributed by atoms with Crippen molar-refractivity contribution in [3.63, 3.8) is 0 Å². The molecule has 0 aromatic rings. The van der Waals surface area contributed by atoms with E-state index >= 15 is 0 Å². The summed E-state index contributed by atoms with van der Waals surface area (Å²) < 4.78 is 25.5. The summed E-state index contributed by atoms with van der Waals surface area (Å²) in [7, 11) is 0. The molecule has 0 radical (unpaired) electrons. The molecule has 1 heterocycles. The first-order valence-electron chi connectivity index (χ1n) is 13.9. The van der Waals surface area contributed by atoms with Gasteiger partial charge in [-0.25, -0.2) is 0 Å². The van der Waals surface area contributed by atoms with Gasteiger partial charge in [-0.1, -0.05) is 0 Å². The van der Waals surface area contributed by atoms with E-state index in [-0.39, 0.29) is 5.60 Å². The number of rotatable bonds is 16. The van der Waals surface area contributed by atoms with Crippen LogP contribution >= 0.6 is 0 Å². The standard InChI is InChI=1S/C13H26O.2C5H11.2C2H5O.2Sn/c1-6-13(14,9-7-11(2)3)10-8-12(4)5;2*1-4-5(2)3;2*1-2-3;;/h11-12H,1,6-10H2,2-5H3;2*5H,1,4H2,2-3H3;2*2H2,1H3;;/q-1;;;2*-1;+1;+2. The summed E-state index contributed by atoms with van der Waals surface area (Å²) in [6.07, 6.45) is 8.79. The first kappa shape index (κ1) is 31.5. The molecule has 0 spiro atoms. The van der Waals surface area contributed by atoms with Crippen LogP contribution in [0.4, 0.5) is 0 Å². The first-order chi connectivity index (χ1) is 15.0. The van der Waals surface area contributed by atoms with Gasteiger partial charge >= 0.3 is 209 Å². The molecular weight excluding hydrogens is 610 g/mol. The molecule has 0 amide bonds. The van der Waals surface area contributed by atoms with E-state index < -0.39 is 30.1 Å². The van der Waals surface area contributed by atoms with Crippen LogP contribution in [0.15, 0.2) is 0 Å². The molecule has 0 aromatic heterocycles. The van der Waals surface area contributed by atoms with Gasteiger partial charge in [-0.2, -0.15) is 0 Å². The van der Waals surface area contributed by atoms with E-state index in [0.717, 1.165) is 36.9 Å². The third kappa shape index (κ3) is 9.50. The van der Waals surface area contributed by atoms with E-state index in [9.17, 15) is 0 Å². The van der Waals surface area contributed by atoms with Crippen LogP contribution in [0.5, 0.6) is 0 Å². The van der Waals surface area contributed by atoms with Crippen LogP contribution in [0.1, 0.15) is 114 Å². The second-order valence-electron chi connectivity index (χ2n) is 12.1. The van der Waals surface area contributed by atoms with Crippen LogP contribution in [-0.2, 0) is 9.22 Å². The molecule has 0 N–H and O–H groups in total. The topological polar surface area (TPSA) is 27.7 Å². The van der Waals surface area contributed by atoms with Gasteiger partial charge in [0.2, 0.25) is 0 Å². The Bertz CT molecular complexity index is 475. The summed E-state index contributed by atoms with van der Waals surface area (Å²) in [5.41, 5.74) is 0.0905. The van der Waals surface area contributed by atoms with E-state index in [1.807, 2.05) is 0 Å². The first-order valence-corrected chi connectivity index (χ1v) is 34.5. The fourth-order valence-corrected chi connectivity index (χ4v) is 81.1. The SMILES string of the molecule is CC[O][Sn]1([O]CC)[CH2]CC(CCC(C)C)(CCC(C)C)[O][Sn]1([CH2]CC(C)C)[CH2]CC(C)C. The Balaban J connectivity index is 3.48. The molecule has 0 bridgehead atoms. The second-order valence-corrected chi connectivity index (χ2v) is 60.6. The van der Waals surface area contributed by atoms with E-state index in [1.165, 1.54) is 58.3 Å². The molecule has 3 nitrogen and oxygen atoms in total. The molecule has 0 atom stereocenters. The minimum atomic E-state index is -3.28. The summed E-state index contributed by atoms with van der Waals surface area (Å²) in [5, 5.41) is 0. The van der Waals surface area contributed by atoms with Crippen LogP contribution in [-0.4, -0.2) is 48.9 Å². The van der Waals surface area contributed by atoms with Crippen LogP contribution in [0.2, 0.25) is 13.3 Å². The Kier molecular flexibility index (Phi) is 14.7. The van der Waals surface area contributed by atoms with Crippen LogP contribution in [0.3, 0.4) is 0 Å². The Morgan fingerprint density at radius 3 is 1.44 bits per heavy atom. The summed E-state index contributed by atoms with van der Waals surface area (Å²) in [4.78, 5) is 0. The number of hydrogen-bond donors (Lipinski definition) is 0. The van der Waals surface area contributed by atoms with Gasteiger partial charge in [0.1, 0.15) is 0 Å².